The van der Waals surface area contributed by atoms with Crippen LogP contribution in [-0.4, -0.2) is 28.4 Å². The summed E-state index contributed by atoms with van der Waals surface area (Å²) in [5, 5.41) is 12.4. The van der Waals surface area contributed by atoms with Gasteiger partial charge in [-0.15, -0.1) is 0 Å². The van der Waals surface area contributed by atoms with E-state index in [1.165, 1.54) is 6.07 Å². The number of benzene rings is 1. The smallest absolute Gasteiger partial charge is 0.280 e. The van der Waals surface area contributed by atoms with Crippen LogP contribution in [0.15, 0.2) is 30.3 Å². The topological polar surface area (TPSA) is 105 Å². The van der Waals surface area contributed by atoms with E-state index < -0.39 is 11.8 Å². The van der Waals surface area contributed by atoms with Crippen molar-refractivity contribution in [1.29, 1.82) is 0 Å². The lowest BCUT2D eigenvalue weighted by Crippen LogP contribution is -2.35. The highest BCUT2D eigenvalue weighted by Gasteiger charge is 2.16. The number of nitrogens with zero attached hydrogens (tertiary/aromatic N) is 1. The molecule has 1 aromatic carbocycles. The third kappa shape index (κ3) is 2.28. The lowest BCUT2D eigenvalue weighted by Gasteiger charge is -2.05. The van der Waals surface area contributed by atoms with Gasteiger partial charge in [0.15, 0.2) is 5.69 Å². The average molecular weight is 245 g/mol. The van der Waals surface area contributed by atoms with Crippen molar-refractivity contribution in [3.05, 3.63) is 36.0 Å². The Kier molecular flexibility index (Phi) is 3.20. The molecule has 92 valence electrons. The number of fused-ring (bicyclic) bond motifs is 1. The van der Waals surface area contributed by atoms with Gasteiger partial charge in [0.2, 0.25) is 5.91 Å². The minimum absolute atomic E-state index is 0.199. The molecule has 0 saturated carbocycles. The number of imide groups is 1. The van der Waals surface area contributed by atoms with Crippen molar-refractivity contribution in [2.24, 2.45) is 5.73 Å². The van der Waals surface area contributed by atoms with E-state index in [2.05, 4.69) is 4.98 Å². The third-order valence-corrected chi connectivity index (χ3v) is 2.36. The molecule has 6 nitrogen and oxygen atoms in total. The molecular formula is C12H11N3O3. The van der Waals surface area contributed by atoms with Crippen LogP contribution in [-0.2, 0) is 4.79 Å². The molecule has 0 atom stereocenters. The fourth-order valence-electron chi connectivity index (χ4n) is 1.51. The zero-order chi connectivity index (χ0) is 13.1. The number of carbonyl (C=O) groups is 2. The molecule has 0 aliphatic rings. The Morgan fingerprint density at radius 1 is 1.33 bits per heavy atom. The number of amides is 2. The number of nitrogens with two attached hydrogens (primary N) is 1. The molecule has 0 fully saturated rings. The van der Waals surface area contributed by atoms with Gasteiger partial charge in [-0.25, -0.2) is 4.98 Å². The fourth-order valence-corrected chi connectivity index (χ4v) is 1.51. The standard InChI is InChI=1S/C12H11N3O3/c13-6-10(17)15-12(18)11-9(16)5-7-3-1-2-4-8(7)14-11/h1-5,16H,6,13H2,(H,15,17,18). The van der Waals surface area contributed by atoms with Gasteiger partial charge < -0.3 is 10.8 Å². The summed E-state index contributed by atoms with van der Waals surface area (Å²) in [6, 6.07) is 8.44. The van der Waals surface area contributed by atoms with Gasteiger partial charge in [0.25, 0.3) is 5.91 Å². The van der Waals surface area contributed by atoms with E-state index in [-0.39, 0.29) is 18.0 Å². The third-order valence-electron chi connectivity index (χ3n) is 2.36. The van der Waals surface area contributed by atoms with Crippen LogP contribution in [0.2, 0.25) is 0 Å². The van der Waals surface area contributed by atoms with Crippen LogP contribution in [0.1, 0.15) is 10.5 Å². The molecule has 6 heteroatoms. The van der Waals surface area contributed by atoms with E-state index >= 15 is 0 Å². The Morgan fingerprint density at radius 2 is 2.06 bits per heavy atom. The first-order valence-electron chi connectivity index (χ1n) is 5.25. The minimum atomic E-state index is -0.770. The monoisotopic (exact) mass is 245 g/mol. The van der Waals surface area contributed by atoms with Crippen LogP contribution in [0, 0.1) is 0 Å². The van der Waals surface area contributed by atoms with Crippen LogP contribution in [0.25, 0.3) is 10.9 Å². The van der Waals surface area contributed by atoms with Crippen molar-refractivity contribution in [2.45, 2.75) is 0 Å². The molecule has 0 saturated heterocycles. The summed E-state index contributed by atoms with van der Waals surface area (Å²) in [7, 11) is 0. The molecule has 0 aliphatic heterocycles. The molecule has 1 aromatic heterocycles. The second kappa shape index (κ2) is 4.80. The summed E-state index contributed by atoms with van der Waals surface area (Å²) < 4.78 is 0. The van der Waals surface area contributed by atoms with E-state index in [1.54, 1.807) is 24.3 Å². The molecule has 0 spiro atoms. The summed E-state index contributed by atoms with van der Waals surface area (Å²) in [5.74, 6) is -1.68. The van der Waals surface area contributed by atoms with E-state index in [0.29, 0.717) is 10.9 Å². The van der Waals surface area contributed by atoms with Gasteiger partial charge in [-0.05, 0) is 12.1 Å². The molecule has 4 N–H and O–H groups in total. The highest BCUT2D eigenvalue weighted by Crippen LogP contribution is 2.21. The van der Waals surface area contributed by atoms with Gasteiger partial charge in [0, 0.05) is 5.39 Å². The number of pyridine rings is 1. The molecule has 2 rings (SSSR count). The molecule has 0 unspecified atom stereocenters. The van der Waals surface area contributed by atoms with Crippen LogP contribution in [0.4, 0.5) is 0 Å². The van der Waals surface area contributed by atoms with Crippen LogP contribution >= 0.6 is 0 Å². The van der Waals surface area contributed by atoms with Crippen molar-refractivity contribution < 1.29 is 14.7 Å². The lowest BCUT2D eigenvalue weighted by molar-refractivity contribution is -0.118. The van der Waals surface area contributed by atoms with Crippen molar-refractivity contribution in [1.82, 2.24) is 10.3 Å². The lowest BCUT2D eigenvalue weighted by atomic mass is 10.2. The number of nitrogens with one attached hydrogen (secondary N) is 1. The Hall–Kier alpha value is -2.47. The number of hydrogen-bond donors (Lipinski definition) is 3. The van der Waals surface area contributed by atoms with Gasteiger partial charge >= 0.3 is 0 Å². The molecule has 2 aromatic rings. The summed E-state index contributed by atoms with van der Waals surface area (Å²) in [6.45, 7) is -0.305. The van der Waals surface area contributed by atoms with Gasteiger partial charge in [-0.2, -0.15) is 0 Å². The number of rotatable bonds is 2. The number of para-hydroxylation sites is 1. The summed E-state index contributed by atoms with van der Waals surface area (Å²) in [4.78, 5) is 26.7. The SMILES string of the molecule is NCC(=O)NC(=O)c1nc2ccccc2cc1O. The Morgan fingerprint density at radius 3 is 2.78 bits per heavy atom. The maximum atomic E-state index is 11.7. The molecule has 18 heavy (non-hydrogen) atoms. The minimum Gasteiger partial charge on any atom is -0.505 e. The second-order valence-corrected chi connectivity index (χ2v) is 3.63. The van der Waals surface area contributed by atoms with Gasteiger partial charge in [-0.1, -0.05) is 18.2 Å². The predicted octanol–water partition coefficient (Wildman–Crippen LogP) is 0.155. The molecule has 0 bridgehead atoms. The zero-order valence-electron chi connectivity index (χ0n) is 9.38. The van der Waals surface area contributed by atoms with Crippen molar-refractivity contribution in [2.75, 3.05) is 6.54 Å². The Bertz CT molecular complexity index is 625. The highest BCUT2D eigenvalue weighted by atomic mass is 16.3. The van der Waals surface area contributed by atoms with Crippen LogP contribution in [0.5, 0.6) is 5.75 Å². The van der Waals surface area contributed by atoms with Gasteiger partial charge in [0.05, 0.1) is 12.1 Å². The summed E-state index contributed by atoms with van der Waals surface area (Å²) in [5.41, 5.74) is 5.44. The maximum absolute atomic E-state index is 11.7. The quantitative estimate of drug-likeness (QED) is 0.698. The number of aromatic hydroxyl groups is 1. The first-order valence-corrected chi connectivity index (χ1v) is 5.25. The molecule has 0 radical (unpaired) electrons. The average Bonchev–Trinajstić information content (AvgIpc) is 2.37. The first kappa shape index (κ1) is 12.0. The van der Waals surface area contributed by atoms with Gasteiger partial charge in [-0.3, -0.25) is 14.9 Å². The molecule has 1 heterocycles. The van der Waals surface area contributed by atoms with E-state index in [1.807, 2.05) is 5.32 Å². The van der Waals surface area contributed by atoms with Crippen LogP contribution < -0.4 is 11.1 Å². The van der Waals surface area contributed by atoms with Crippen molar-refractivity contribution >= 4 is 22.7 Å². The number of hydrogen-bond acceptors (Lipinski definition) is 5. The van der Waals surface area contributed by atoms with Crippen LogP contribution in [0.3, 0.4) is 0 Å². The normalized spacial score (nSPS) is 10.3. The number of aromatic nitrogens is 1. The summed E-state index contributed by atoms with van der Waals surface area (Å²) in [6.07, 6.45) is 0. The Labute approximate surface area is 102 Å². The molecule has 0 aliphatic carbocycles. The van der Waals surface area contributed by atoms with Crippen molar-refractivity contribution in [3.63, 3.8) is 0 Å². The molecule has 2 amide bonds. The van der Waals surface area contributed by atoms with Gasteiger partial charge in [0.1, 0.15) is 5.75 Å². The molecular weight excluding hydrogens is 234 g/mol. The summed E-state index contributed by atoms with van der Waals surface area (Å²) >= 11 is 0. The number of carbonyl (C=O) groups excluding carboxylic acids is 2. The fraction of sp³-hybridized carbons (Fsp3) is 0.0833. The second-order valence-electron chi connectivity index (χ2n) is 3.63. The predicted molar refractivity (Wildman–Crippen MR) is 64.9 cm³/mol. The highest BCUT2D eigenvalue weighted by molar-refractivity contribution is 6.06. The Balaban J connectivity index is 2.41. The van der Waals surface area contributed by atoms with Crippen molar-refractivity contribution in [3.8, 4) is 5.75 Å². The first-order chi connectivity index (χ1) is 8.61. The van der Waals surface area contributed by atoms with E-state index in [4.69, 9.17) is 5.73 Å². The van der Waals surface area contributed by atoms with E-state index in [0.717, 1.165) is 0 Å². The van der Waals surface area contributed by atoms with E-state index in [9.17, 15) is 14.7 Å². The largest absolute Gasteiger partial charge is 0.505 e. The zero-order valence-corrected chi connectivity index (χ0v) is 9.38. The maximum Gasteiger partial charge on any atom is 0.280 e.